The highest BCUT2D eigenvalue weighted by atomic mass is 35.5. The minimum Gasteiger partial charge on any atom is -0.324 e. The van der Waals surface area contributed by atoms with Gasteiger partial charge in [-0.15, -0.1) is 0 Å². The zero-order valence-electron chi connectivity index (χ0n) is 9.20. The van der Waals surface area contributed by atoms with Crippen LogP contribution in [0.3, 0.4) is 0 Å². The molecule has 2 N–H and O–H groups in total. The van der Waals surface area contributed by atoms with Gasteiger partial charge >= 0.3 is 0 Å². The number of benzene rings is 1. The van der Waals surface area contributed by atoms with Crippen molar-refractivity contribution in [2.24, 2.45) is 5.73 Å². The maximum Gasteiger partial charge on any atom is 0.141 e. The van der Waals surface area contributed by atoms with Crippen LogP contribution in [0.2, 0.25) is 5.02 Å². The highest BCUT2D eigenvalue weighted by Gasteiger charge is 2.09. The number of hydrogen-bond acceptors (Lipinski definition) is 2. The van der Waals surface area contributed by atoms with Gasteiger partial charge in [-0.25, -0.2) is 4.39 Å². The molecular formula is C13H13ClFNS. The average molecular weight is 270 g/mol. The van der Waals surface area contributed by atoms with E-state index in [0.717, 1.165) is 18.4 Å². The number of thiophene rings is 1. The molecule has 2 rings (SSSR count). The number of halogens is 2. The van der Waals surface area contributed by atoms with Gasteiger partial charge in [0.25, 0.3) is 0 Å². The summed E-state index contributed by atoms with van der Waals surface area (Å²) in [4.78, 5) is 0. The van der Waals surface area contributed by atoms with E-state index in [0.29, 0.717) is 0 Å². The minimum absolute atomic E-state index is 0.104. The lowest BCUT2D eigenvalue weighted by Crippen LogP contribution is -2.11. The SMILES string of the molecule is NC(CCc1ccsc1)c1ccc(F)c(Cl)c1. The molecule has 0 saturated carbocycles. The van der Waals surface area contributed by atoms with Crippen LogP contribution in [0.4, 0.5) is 4.39 Å². The van der Waals surface area contributed by atoms with E-state index in [1.807, 2.05) is 0 Å². The van der Waals surface area contributed by atoms with Crippen LogP contribution in [-0.2, 0) is 6.42 Å². The molecule has 0 spiro atoms. The van der Waals surface area contributed by atoms with Crippen LogP contribution >= 0.6 is 22.9 Å². The highest BCUT2D eigenvalue weighted by molar-refractivity contribution is 7.07. The van der Waals surface area contributed by atoms with E-state index in [4.69, 9.17) is 17.3 Å². The van der Waals surface area contributed by atoms with E-state index >= 15 is 0 Å². The molecule has 1 unspecified atom stereocenters. The first-order valence-corrected chi connectivity index (χ1v) is 6.70. The smallest absolute Gasteiger partial charge is 0.141 e. The van der Waals surface area contributed by atoms with Gasteiger partial charge in [-0.05, 0) is 52.9 Å². The summed E-state index contributed by atoms with van der Waals surface area (Å²) in [6, 6.07) is 6.65. The van der Waals surface area contributed by atoms with Crippen LogP contribution in [0.25, 0.3) is 0 Å². The van der Waals surface area contributed by atoms with Gasteiger partial charge < -0.3 is 5.73 Å². The third-order valence-electron chi connectivity index (χ3n) is 2.70. The summed E-state index contributed by atoms with van der Waals surface area (Å²) in [7, 11) is 0. The largest absolute Gasteiger partial charge is 0.324 e. The number of nitrogens with two attached hydrogens (primary N) is 1. The molecule has 2 aromatic rings. The van der Waals surface area contributed by atoms with Crippen molar-refractivity contribution in [3.8, 4) is 0 Å². The summed E-state index contributed by atoms with van der Waals surface area (Å²) in [5.74, 6) is -0.402. The van der Waals surface area contributed by atoms with Gasteiger partial charge in [0.05, 0.1) is 5.02 Å². The number of rotatable bonds is 4. The molecule has 1 atom stereocenters. The third-order valence-corrected chi connectivity index (χ3v) is 3.72. The predicted octanol–water partition coefficient (Wildman–Crippen LogP) is 4.17. The fraction of sp³-hybridized carbons (Fsp3) is 0.231. The lowest BCUT2D eigenvalue weighted by Gasteiger charge is -2.12. The maximum absolute atomic E-state index is 13.0. The van der Waals surface area contributed by atoms with Crippen molar-refractivity contribution >= 4 is 22.9 Å². The van der Waals surface area contributed by atoms with Crippen molar-refractivity contribution in [1.29, 1.82) is 0 Å². The summed E-state index contributed by atoms with van der Waals surface area (Å²) in [6.45, 7) is 0. The molecule has 0 aliphatic rings. The molecule has 17 heavy (non-hydrogen) atoms. The Kier molecular flexibility index (Phi) is 4.15. The standard InChI is InChI=1S/C13H13ClFNS/c14-11-7-10(2-3-12(11)15)13(16)4-1-9-5-6-17-8-9/h2-3,5-8,13H,1,4,16H2. The van der Waals surface area contributed by atoms with Crippen LogP contribution in [-0.4, -0.2) is 0 Å². The highest BCUT2D eigenvalue weighted by Crippen LogP contribution is 2.22. The van der Waals surface area contributed by atoms with Gasteiger partial charge in [0.2, 0.25) is 0 Å². The van der Waals surface area contributed by atoms with Crippen LogP contribution in [0, 0.1) is 5.82 Å². The van der Waals surface area contributed by atoms with E-state index < -0.39 is 5.82 Å². The fourth-order valence-electron chi connectivity index (χ4n) is 1.67. The summed E-state index contributed by atoms with van der Waals surface area (Å²) in [5, 5.41) is 4.30. The molecule has 1 aromatic heterocycles. The summed E-state index contributed by atoms with van der Waals surface area (Å²) >= 11 is 7.41. The molecule has 0 fully saturated rings. The molecule has 1 aromatic carbocycles. The summed E-state index contributed by atoms with van der Waals surface area (Å²) in [5.41, 5.74) is 8.22. The Hall–Kier alpha value is -0.900. The zero-order chi connectivity index (χ0) is 12.3. The monoisotopic (exact) mass is 269 g/mol. The van der Waals surface area contributed by atoms with Crippen molar-refractivity contribution in [2.75, 3.05) is 0 Å². The van der Waals surface area contributed by atoms with Gasteiger partial charge in [-0.1, -0.05) is 17.7 Å². The topological polar surface area (TPSA) is 26.0 Å². The minimum atomic E-state index is -0.402. The molecule has 0 radical (unpaired) electrons. The van der Waals surface area contributed by atoms with Crippen LogP contribution in [0.15, 0.2) is 35.0 Å². The predicted molar refractivity (Wildman–Crippen MR) is 71.0 cm³/mol. The van der Waals surface area contributed by atoms with Gasteiger partial charge in [-0.2, -0.15) is 11.3 Å². The second-order valence-corrected chi connectivity index (χ2v) is 5.14. The molecular weight excluding hydrogens is 257 g/mol. The molecule has 1 heterocycles. The third kappa shape index (κ3) is 3.28. The van der Waals surface area contributed by atoms with Gasteiger partial charge in [0, 0.05) is 6.04 Å². The Labute approximate surface area is 109 Å². The van der Waals surface area contributed by atoms with E-state index in [1.54, 1.807) is 23.5 Å². The first-order valence-electron chi connectivity index (χ1n) is 5.38. The van der Waals surface area contributed by atoms with Crippen LogP contribution < -0.4 is 5.73 Å². The maximum atomic E-state index is 13.0. The van der Waals surface area contributed by atoms with Crippen LogP contribution in [0.5, 0.6) is 0 Å². The molecule has 90 valence electrons. The van der Waals surface area contributed by atoms with E-state index in [2.05, 4.69) is 16.8 Å². The Morgan fingerprint density at radius 2 is 2.18 bits per heavy atom. The molecule has 0 aliphatic heterocycles. The lowest BCUT2D eigenvalue weighted by atomic mass is 10.0. The number of hydrogen-bond donors (Lipinski definition) is 1. The number of aryl methyl sites for hydroxylation is 1. The van der Waals surface area contributed by atoms with Crippen molar-refractivity contribution in [3.63, 3.8) is 0 Å². The molecule has 0 aliphatic carbocycles. The normalized spacial score (nSPS) is 12.6. The molecule has 1 nitrogen and oxygen atoms in total. The Bertz CT molecular complexity index is 484. The van der Waals surface area contributed by atoms with Crippen LogP contribution in [0.1, 0.15) is 23.6 Å². The van der Waals surface area contributed by atoms with E-state index in [9.17, 15) is 4.39 Å². The summed E-state index contributed by atoms with van der Waals surface area (Å²) in [6.07, 6.45) is 1.76. The van der Waals surface area contributed by atoms with E-state index in [-0.39, 0.29) is 11.1 Å². The fourth-order valence-corrected chi connectivity index (χ4v) is 2.56. The quantitative estimate of drug-likeness (QED) is 0.886. The van der Waals surface area contributed by atoms with Crippen molar-refractivity contribution in [1.82, 2.24) is 0 Å². The molecule has 0 bridgehead atoms. The molecule has 0 amide bonds. The zero-order valence-corrected chi connectivity index (χ0v) is 10.8. The second-order valence-electron chi connectivity index (χ2n) is 3.95. The molecule has 0 saturated heterocycles. The van der Waals surface area contributed by atoms with Gasteiger partial charge in [0.15, 0.2) is 0 Å². The van der Waals surface area contributed by atoms with Gasteiger partial charge in [0.1, 0.15) is 5.82 Å². The summed E-state index contributed by atoms with van der Waals surface area (Å²) < 4.78 is 13.0. The lowest BCUT2D eigenvalue weighted by molar-refractivity contribution is 0.619. The first kappa shape index (κ1) is 12.6. The van der Waals surface area contributed by atoms with Crippen molar-refractivity contribution < 1.29 is 4.39 Å². The second kappa shape index (κ2) is 5.63. The average Bonchev–Trinajstić information content (AvgIpc) is 2.82. The Morgan fingerprint density at radius 3 is 2.82 bits per heavy atom. The van der Waals surface area contributed by atoms with Crippen molar-refractivity contribution in [3.05, 3.63) is 57.0 Å². The molecule has 4 heteroatoms. The Morgan fingerprint density at radius 1 is 1.35 bits per heavy atom. The Balaban J connectivity index is 1.99. The van der Waals surface area contributed by atoms with Crippen molar-refractivity contribution in [2.45, 2.75) is 18.9 Å². The van der Waals surface area contributed by atoms with Gasteiger partial charge in [-0.3, -0.25) is 0 Å². The first-order chi connectivity index (χ1) is 8.16. The van der Waals surface area contributed by atoms with E-state index in [1.165, 1.54) is 11.6 Å².